The van der Waals surface area contributed by atoms with E-state index in [0.717, 1.165) is 46.6 Å². The summed E-state index contributed by atoms with van der Waals surface area (Å²) in [7, 11) is -2.31. The molecule has 1 aliphatic carbocycles. The number of carboxylic acid groups (broad SMARTS) is 1. The van der Waals surface area contributed by atoms with E-state index in [-0.39, 0.29) is 22.7 Å². The lowest BCUT2D eigenvalue weighted by atomic mass is 9.88. The Bertz CT molecular complexity index is 1370. The monoisotopic (exact) mass is 570 g/mol. The number of nitrogens with zero attached hydrogens (tertiary/aromatic N) is 1. The number of hydrogen-bond acceptors (Lipinski definition) is 6. The number of β-amino-alcohol motifs (C(OH)–C–C–N with tert-alkyl or cyclic N) is 1. The number of rotatable bonds is 13. The zero-order valence-electron chi connectivity index (χ0n) is 22.8. The first-order chi connectivity index (χ1) is 18.4. The first kappa shape index (κ1) is 29.4. The highest BCUT2D eigenvalue weighted by molar-refractivity contribution is 7.91. The summed E-state index contributed by atoms with van der Waals surface area (Å²) in [5, 5.41) is 23.2. The van der Waals surface area contributed by atoms with Gasteiger partial charge < -0.3 is 15.5 Å². The van der Waals surface area contributed by atoms with Gasteiger partial charge in [0.15, 0.2) is 0 Å². The topological polar surface area (TPSA) is 107 Å². The maximum atomic E-state index is 13.3. The highest BCUT2D eigenvalue weighted by atomic mass is 32.2. The van der Waals surface area contributed by atoms with Crippen LogP contribution in [0.3, 0.4) is 0 Å². The second-order valence-electron chi connectivity index (χ2n) is 11.1. The Morgan fingerprint density at radius 1 is 1.08 bits per heavy atom. The quantitative estimate of drug-likeness (QED) is 0.278. The number of carboxylic acids is 1. The largest absolute Gasteiger partial charge is 0.481 e. The number of aliphatic carboxylic acids is 1. The minimum atomic E-state index is -3.79. The van der Waals surface area contributed by atoms with Crippen LogP contribution in [0.1, 0.15) is 43.4 Å². The van der Waals surface area contributed by atoms with E-state index >= 15 is 0 Å². The van der Waals surface area contributed by atoms with Crippen LogP contribution in [0, 0.1) is 5.92 Å². The first-order valence-corrected chi connectivity index (χ1v) is 15.6. The van der Waals surface area contributed by atoms with Crippen molar-refractivity contribution in [3.05, 3.63) is 77.4 Å². The van der Waals surface area contributed by atoms with Gasteiger partial charge in [-0.2, -0.15) is 4.31 Å². The molecule has 0 amide bonds. The van der Waals surface area contributed by atoms with Crippen molar-refractivity contribution in [1.82, 2.24) is 9.62 Å². The molecule has 0 aliphatic heterocycles. The van der Waals surface area contributed by atoms with Crippen molar-refractivity contribution in [2.45, 2.75) is 61.8 Å². The predicted molar refractivity (Wildman–Crippen MR) is 156 cm³/mol. The van der Waals surface area contributed by atoms with Crippen LogP contribution in [0.15, 0.2) is 64.9 Å². The van der Waals surface area contributed by atoms with Crippen molar-refractivity contribution in [1.29, 1.82) is 0 Å². The van der Waals surface area contributed by atoms with E-state index in [1.807, 2.05) is 24.3 Å². The molecule has 0 radical (unpaired) electrons. The molecule has 1 aliphatic rings. The van der Waals surface area contributed by atoms with Gasteiger partial charge in [0.2, 0.25) is 0 Å². The third-order valence-electron chi connectivity index (χ3n) is 7.36. The van der Waals surface area contributed by atoms with Crippen LogP contribution in [0.4, 0.5) is 0 Å². The van der Waals surface area contributed by atoms with E-state index in [1.165, 1.54) is 22.5 Å². The van der Waals surface area contributed by atoms with Gasteiger partial charge in [-0.3, -0.25) is 4.79 Å². The summed E-state index contributed by atoms with van der Waals surface area (Å²) in [6.07, 6.45) is 2.62. The lowest BCUT2D eigenvalue weighted by molar-refractivity contribution is -0.136. The number of thiophene rings is 1. The van der Waals surface area contributed by atoms with Crippen LogP contribution in [0.25, 0.3) is 10.4 Å². The van der Waals surface area contributed by atoms with Crippen molar-refractivity contribution in [2.24, 2.45) is 5.92 Å². The van der Waals surface area contributed by atoms with Crippen LogP contribution in [0.5, 0.6) is 0 Å². The van der Waals surface area contributed by atoms with E-state index in [1.54, 1.807) is 12.1 Å². The first-order valence-electron chi connectivity index (χ1n) is 13.3. The fourth-order valence-electron chi connectivity index (χ4n) is 5.42. The van der Waals surface area contributed by atoms with Gasteiger partial charge in [0.1, 0.15) is 4.21 Å². The van der Waals surface area contributed by atoms with Gasteiger partial charge in [-0.25, -0.2) is 8.42 Å². The van der Waals surface area contributed by atoms with E-state index in [9.17, 15) is 18.3 Å². The number of hydrogen-bond donors (Lipinski definition) is 3. The zero-order valence-corrected chi connectivity index (χ0v) is 24.4. The highest BCUT2D eigenvalue weighted by Crippen LogP contribution is 2.35. The van der Waals surface area contributed by atoms with Gasteiger partial charge in [-0.1, -0.05) is 48.5 Å². The Labute approximate surface area is 235 Å². The summed E-state index contributed by atoms with van der Waals surface area (Å²) in [6.45, 7) is 4.52. The summed E-state index contributed by atoms with van der Waals surface area (Å²) in [6, 6.07) is 19.4. The molecule has 4 rings (SSSR count). The molecule has 0 fully saturated rings. The van der Waals surface area contributed by atoms with Gasteiger partial charge >= 0.3 is 5.97 Å². The number of sulfonamides is 1. The van der Waals surface area contributed by atoms with Gasteiger partial charge in [0, 0.05) is 37.0 Å². The molecule has 210 valence electrons. The van der Waals surface area contributed by atoms with Crippen molar-refractivity contribution < 1.29 is 23.4 Å². The molecule has 2 aromatic carbocycles. The Kier molecular flexibility index (Phi) is 9.29. The number of nitrogens with one attached hydrogen (secondary N) is 1. The molecule has 0 unspecified atom stereocenters. The summed E-state index contributed by atoms with van der Waals surface area (Å²) in [5.74, 6) is -0.325. The SMILES string of the molecule is CN(C[C@H](O)CNC(C)(C)CC1Cc2ccccc2C1)S(=O)(=O)c1ccc(-c2ccccc2CCC(=O)O)s1. The third-order valence-corrected chi connectivity index (χ3v) is 10.8. The Morgan fingerprint density at radius 3 is 2.38 bits per heavy atom. The van der Waals surface area contributed by atoms with Gasteiger partial charge in [-0.15, -0.1) is 11.3 Å². The average molecular weight is 571 g/mol. The van der Waals surface area contributed by atoms with Crippen LogP contribution < -0.4 is 5.32 Å². The van der Waals surface area contributed by atoms with Crippen LogP contribution in [-0.2, 0) is 34.1 Å². The molecule has 1 aromatic heterocycles. The molecular formula is C30H38N2O5S2. The lowest BCUT2D eigenvalue weighted by Crippen LogP contribution is -2.47. The number of aliphatic hydroxyl groups excluding tert-OH is 1. The molecule has 0 saturated heterocycles. The molecule has 0 bridgehead atoms. The fraction of sp³-hybridized carbons (Fsp3) is 0.433. The molecule has 0 spiro atoms. The number of fused-ring (bicyclic) bond motifs is 1. The van der Waals surface area contributed by atoms with Crippen LogP contribution >= 0.6 is 11.3 Å². The number of likely N-dealkylation sites (N-methyl/N-ethyl adjacent to an activating group) is 1. The normalized spacial score (nSPS) is 15.0. The van der Waals surface area contributed by atoms with E-state index < -0.39 is 22.1 Å². The second kappa shape index (κ2) is 12.3. The van der Waals surface area contributed by atoms with Crippen LogP contribution in [0.2, 0.25) is 0 Å². The fourth-order valence-corrected chi connectivity index (χ4v) is 8.20. The number of carbonyl (C=O) groups is 1. The second-order valence-corrected chi connectivity index (χ2v) is 14.5. The van der Waals surface area contributed by atoms with Crippen LogP contribution in [-0.4, -0.2) is 60.7 Å². The molecule has 0 saturated carbocycles. The van der Waals surface area contributed by atoms with Crippen molar-refractivity contribution in [3.8, 4) is 10.4 Å². The maximum Gasteiger partial charge on any atom is 0.303 e. The standard InChI is InChI=1S/C30H38N2O5S2/c1-30(2,18-21-16-23-9-4-5-10-24(23)17-21)31-19-25(33)20-32(3)39(36,37)29-15-13-27(38-29)26-11-7-6-8-22(26)12-14-28(34)35/h4-11,13,15,21,25,31,33H,12,14,16-20H2,1-3H3,(H,34,35)/t25-/m1/s1. The van der Waals surface area contributed by atoms with Gasteiger partial charge in [0.25, 0.3) is 10.0 Å². The zero-order chi connectivity index (χ0) is 28.2. The molecule has 1 heterocycles. The Balaban J connectivity index is 1.33. The van der Waals surface area contributed by atoms with Gasteiger partial charge in [-0.05, 0) is 79.8 Å². The number of aryl methyl sites for hydroxylation is 1. The average Bonchev–Trinajstić information content (AvgIpc) is 3.53. The van der Waals surface area contributed by atoms with E-state index in [2.05, 4.69) is 43.4 Å². The minimum Gasteiger partial charge on any atom is -0.481 e. The molecule has 3 aromatic rings. The smallest absolute Gasteiger partial charge is 0.303 e. The molecule has 39 heavy (non-hydrogen) atoms. The summed E-state index contributed by atoms with van der Waals surface area (Å²) in [5.41, 5.74) is 4.35. The predicted octanol–water partition coefficient (Wildman–Crippen LogP) is 4.59. The number of benzene rings is 2. The Hall–Kier alpha value is -2.56. The molecular weight excluding hydrogens is 532 g/mol. The molecule has 9 heteroatoms. The van der Waals surface area contributed by atoms with E-state index in [4.69, 9.17) is 5.11 Å². The van der Waals surface area contributed by atoms with E-state index in [0.29, 0.717) is 18.9 Å². The highest BCUT2D eigenvalue weighted by Gasteiger charge is 2.30. The molecule has 7 nitrogen and oxygen atoms in total. The summed E-state index contributed by atoms with van der Waals surface area (Å²) < 4.78 is 27.9. The maximum absolute atomic E-state index is 13.3. The third kappa shape index (κ3) is 7.55. The molecule has 1 atom stereocenters. The summed E-state index contributed by atoms with van der Waals surface area (Å²) >= 11 is 1.15. The number of aliphatic hydroxyl groups is 1. The van der Waals surface area contributed by atoms with Gasteiger partial charge in [0.05, 0.1) is 6.10 Å². The molecule has 3 N–H and O–H groups in total. The van der Waals surface area contributed by atoms with Crippen molar-refractivity contribution in [2.75, 3.05) is 20.1 Å². The lowest BCUT2D eigenvalue weighted by Gasteiger charge is -2.31. The Morgan fingerprint density at radius 2 is 1.72 bits per heavy atom. The summed E-state index contributed by atoms with van der Waals surface area (Å²) in [4.78, 5) is 11.8. The van der Waals surface area contributed by atoms with Crippen molar-refractivity contribution >= 4 is 27.3 Å². The van der Waals surface area contributed by atoms with Crippen molar-refractivity contribution in [3.63, 3.8) is 0 Å². The minimum absolute atomic E-state index is 0.00726.